The number of phenols is 1. The van der Waals surface area contributed by atoms with Crippen molar-refractivity contribution < 1.29 is 9.84 Å². The van der Waals surface area contributed by atoms with Gasteiger partial charge >= 0.3 is 0 Å². The van der Waals surface area contributed by atoms with Gasteiger partial charge in [0.15, 0.2) is 0 Å². The van der Waals surface area contributed by atoms with Crippen molar-refractivity contribution in [3.63, 3.8) is 0 Å². The second kappa shape index (κ2) is 12.9. The Kier molecular flexibility index (Phi) is 11.6. The van der Waals surface area contributed by atoms with Crippen LogP contribution in [0.5, 0.6) is 11.5 Å². The average Bonchev–Trinajstić information content (AvgIpc) is 2.70. The van der Waals surface area contributed by atoms with Crippen molar-refractivity contribution in [3.05, 3.63) is 22.3 Å². The van der Waals surface area contributed by atoms with Crippen LogP contribution in [0.2, 0.25) is 0 Å². The number of fused-ring (bicyclic) bond motifs is 1. The maximum absolute atomic E-state index is 10.4. The van der Waals surface area contributed by atoms with Crippen molar-refractivity contribution in [3.8, 4) is 11.5 Å². The maximum Gasteiger partial charge on any atom is 0.127 e. The summed E-state index contributed by atoms with van der Waals surface area (Å²) in [4.78, 5) is 0. The molecule has 0 bridgehead atoms. The Balaban J connectivity index is 0.00000512. The van der Waals surface area contributed by atoms with Crippen molar-refractivity contribution in [2.75, 3.05) is 0 Å². The van der Waals surface area contributed by atoms with Crippen LogP contribution in [0.15, 0.2) is 0 Å². The fourth-order valence-electron chi connectivity index (χ4n) is 5.27. The molecule has 0 saturated heterocycles. The van der Waals surface area contributed by atoms with Gasteiger partial charge in [0.05, 0.1) is 0 Å². The lowest BCUT2D eigenvalue weighted by molar-refractivity contribution is 0.0512. The Labute approximate surface area is 199 Å². The third kappa shape index (κ3) is 7.97. The van der Waals surface area contributed by atoms with E-state index in [1.165, 1.54) is 56.9 Å². The van der Waals surface area contributed by atoms with Gasteiger partial charge in [-0.3, -0.25) is 0 Å². The van der Waals surface area contributed by atoms with Crippen LogP contribution in [0.25, 0.3) is 0 Å². The second-order valence-corrected chi connectivity index (χ2v) is 11.4. The number of benzene rings is 1. The van der Waals surface area contributed by atoms with E-state index in [0.29, 0.717) is 5.75 Å². The Morgan fingerprint density at radius 1 is 0.812 bits per heavy atom. The van der Waals surface area contributed by atoms with Crippen LogP contribution in [0.3, 0.4) is 0 Å². The van der Waals surface area contributed by atoms with E-state index in [-0.39, 0.29) is 11.8 Å². The van der Waals surface area contributed by atoms with Crippen molar-refractivity contribution in [1.29, 1.82) is 0 Å². The molecule has 3 heteroatoms. The molecule has 32 heavy (non-hydrogen) atoms. The number of ether oxygens (including phenoxy) is 1. The summed E-state index contributed by atoms with van der Waals surface area (Å²) in [6, 6.07) is 0. The van der Waals surface area contributed by atoms with Crippen LogP contribution in [0.1, 0.15) is 121 Å². The topological polar surface area (TPSA) is 64.5 Å². The number of aromatic hydroxyl groups is 1. The van der Waals surface area contributed by atoms with Gasteiger partial charge in [-0.1, -0.05) is 72.6 Å². The lowest BCUT2D eigenvalue weighted by Gasteiger charge is -2.38. The summed E-state index contributed by atoms with van der Waals surface area (Å²) in [5.74, 6) is 4.04. The van der Waals surface area contributed by atoms with Crippen molar-refractivity contribution in [2.45, 2.75) is 132 Å². The molecular weight excluding hydrogens is 394 g/mol. The zero-order valence-corrected chi connectivity index (χ0v) is 22.6. The van der Waals surface area contributed by atoms with Crippen molar-refractivity contribution >= 4 is 0 Å². The summed E-state index contributed by atoms with van der Waals surface area (Å²) in [7, 11) is 0. The number of hydrogen-bond donors (Lipinski definition) is 2. The predicted molar refractivity (Wildman–Crippen MR) is 139 cm³/mol. The second-order valence-electron chi connectivity index (χ2n) is 11.4. The van der Waals surface area contributed by atoms with E-state index < -0.39 is 0 Å². The molecule has 3 atom stereocenters. The summed E-state index contributed by atoms with van der Waals surface area (Å²) < 4.78 is 6.60. The highest BCUT2D eigenvalue weighted by Gasteiger charge is 2.34. The SMILES string of the molecule is Cc1c(C)c2c(c(C)c1O)CC[C@@](C)(CCC[C@H](C)CCC[C@H](C)CCCC(C)C)O2.N. The maximum atomic E-state index is 10.4. The molecular formula is C29H53NO2. The average molecular weight is 448 g/mol. The van der Waals surface area contributed by atoms with Gasteiger partial charge in [-0.05, 0) is 87.8 Å². The molecule has 0 aromatic heterocycles. The van der Waals surface area contributed by atoms with Crippen LogP contribution in [0, 0.1) is 38.5 Å². The highest BCUT2D eigenvalue weighted by molar-refractivity contribution is 5.58. The molecule has 0 unspecified atom stereocenters. The third-order valence-electron chi connectivity index (χ3n) is 7.87. The fourth-order valence-corrected chi connectivity index (χ4v) is 5.27. The van der Waals surface area contributed by atoms with Gasteiger partial charge in [-0.15, -0.1) is 0 Å². The minimum absolute atomic E-state index is 0. The Hall–Kier alpha value is -1.22. The summed E-state index contributed by atoms with van der Waals surface area (Å²) >= 11 is 0. The fraction of sp³-hybridized carbons (Fsp3) is 0.793. The van der Waals surface area contributed by atoms with Gasteiger partial charge in [-0.2, -0.15) is 0 Å². The Bertz CT molecular complexity index is 712. The molecule has 0 radical (unpaired) electrons. The summed E-state index contributed by atoms with van der Waals surface area (Å²) in [5.41, 5.74) is 4.23. The van der Waals surface area contributed by atoms with Gasteiger partial charge in [-0.25, -0.2) is 0 Å². The van der Waals surface area contributed by atoms with E-state index in [1.54, 1.807) is 0 Å². The largest absolute Gasteiger partial charge is 0.507 e. The molecule has 1 aromatic rings. The molecule has 3 nitrogen and oxygen atoms in total. The third-order valence-corrected chi connectivity index (χ3v) is 7.87. The van der Waals surface area contributed by atoms with E-state index in [1.807, 2.05) is 13.8 Å². The van der Waals surface area contributed by atoms with Gasteiger partial charge in [0.25, 0.3) is 0 Å². The monoisotopic (exact) mass is 447 g/mol. The molecule has 1 aliphatic rings. The smallest absolute Gasteiger partial charge is 0.127 e. The summed E-state index contributed by atoms with van der Waals surface area (Å²) in [6.45, 7) is 17.9. The lowest BCUT2D eigenvalue weighted by atomic mass is 9.84. The molecule has 1 heterocycles. The lowest BCUT2D eigenvalue weighted by Crippen LogP contribution is -2.37. The number of hydrogen-bond acceptors (Lipinski definition) is 3. The van der Waals surface area contributed by atoms with Crippen LogP contribution >= 0.6 is 0 Å². The first-order valence-electron chi connectivity index (χ1n) is 13.0. The molecule has 1 aromatic carbocycles. The minimum Gasteiger partial charge on any atom is -0.507 e. The van der Waals surface area contributed by atoms with Crippen molar-refractivity contribution in [1.82, 2.24) is 6.15 Å². The van der Waals surface area contributed by atoms with Gasteiger partial charge in [0, 0.05) is 5.56 Å². The zero-order chi connectivity index (χ0) is 23.2. The molecule has 186 valence electrons. The summed E-state index contributed by atoms with van der Waals surface area (Å²) in [5, 5.41) is 10.4. The van der Waals surface area contributed by atoms with E-state index in [0.717, 1.165) is 59.5 Å². The standard InChI is InChI=1S/C29H50O2.H3N/c1-20(2)12-9-13-21(3)14-10-15-22(4)16-11-18-29(8)19-17-26-25(7)27(30)23(5)24(6)28(26)31-29;/h20-22,30H,9-19H2,1-8H3;1H3/t21-,22-,29-;/m1./s1. The number of rotatable bonds is 12. The molecule has 0 spiro atoms. The highest BCUT2D eigenvalue weighted by atomic mass is 16.5. The molecule has 0 amide bonds. The minimum atomic E-state index is -0.0712. The van der Waals surface area contributed by atoms with E-state index in [2.05, 4.69) is 41.5 Å². The van der Waals surface area contributed by atoms with Crippen LogP contribution in [-0.2, 0) is 6.42 Å². The summed E-state index contributed by atoms with van der Waals surface area (Å²) in [6.07, 6.45) is 14.1. The predicted octanol–water partition coefficient (Wildman–Crippen LogP) is 9.00. The van der Waals surface area contributed by atoms with Gasteiger partial charge in [0.2, 0.25) is 0 Å². The molecule has 1 aliphatic heterocycles. The molecule has 0 fully saturated rings. The van der Waals surface area contributed by atoms with Gasteiger partial charge in [0.1, 0.15) is 17.1 Å². The van der Waals surface area contributed by atoms with E-state index in [9.17, 15) is 5.11 Å². The normalized spacial score (nSPS) is 19.8. The quantitative estimate of drug-likeness (QED) is 0.336. The molecule has 0 aliphatic carbocycles. The van der Waals surface area contributed by atoms with Crippen molar-refractivity contribution in [2.24, 2.45) is 17.8 Å². The van der Waals surface area contributed by atoms with Crippen LogP contribution in [-0.4, -0.2) is 10.7 Å². The first-order chi connectivity index (χ1) is 14.5. The molecule has 4 N–H and O–H groups in total. The molecule has 0 saturated carbocycles. The first-order valence-corrected chi connectivity index (χ1v) is 13.0. The Morgan fingerprint density at radius 2 is 1.34 bits per heavy atom. The Morgan fingerprint density at radius 3 is 1.91 bits per heavy atom. The first kappa shape index (κ1) is 28.8. The van der Waals surface area contributed by atoms with Crippen LogP contribution < -0.4 is 10.9 Å². The number of phenolic OH excluding ortho intramolecular Hbond substituents is 1. The highest BCUT2D eigenvalue weighted by Crippen LogP contribution is 2.44. The van der Waals surface area contributed by atoms with Gasteiger partial charge < -0.3 is 16.0 Å². The van der Waals surface area contributed by atoms with Crippen LogP contribution in [0.4, 0.5) is 0 Å². The van der Waals surface area contributed by atoms with E-state index in [4.69, 9.17) is 4.74 Å². The van der Waals surface area contributed by atoms with E-state index >= 15 is 0 Å². The zero-order valence-electron chi connectivity index (χ0n) is 22.6. The molecule has 2 rings (SSSR count).